The molecule has 1 saturated heterocycles. The van der Waals surface area contributed by atoms with Gasteiger partial charge in [0.2, 0.25) is 0 Å². The van der Waals surface area contributed by atoms with E-state index in [2.05, 4.69) is 10.3 Å². The fourth-order valence-corrected chi connectivity index (χ4v) is 4.28. The first-order valence-corrected chi connectivity index (χ1v) is 9.14. The lowest BCUT2D eigenvalue weighted by Crippen LogP contribution is -2.40. The molecule has 6 heteroatoms. The number of aromatic nitrogens is 1. The van der Waals surface area contributed by atoms with Crippen LogP contribution in [0.4, 0.5) is 0 Å². The molecule has 0 aliphatic carbocycles. The third kappa shape index (κ3) is 3.11. The molecule has 1 aromatic heterocycles. The van der Waals surface area contributed by atoms with Crippen LogP contribution in [0.2, 0.25) is 0 Å². The second-order valence-corrected chi connectivity index (χ2v) is 8.03. The van der Waals surface area contributed by atoms with Crippen molar-refractivity contribution in [1.29, 1.82) is 0 Å². The maximum atomic E-state index is 12.6. The second kappa shape index (κ2) is 5.68. The number of benzene rings is 1. The van der Waals surface area contributed by atoms with Crippen LogP contribution in [-0.4, -0.2) is 36.9 Å². The first kappa shape index (κ1) is 15.0. The fourth-order valence-electron chi connectivity index (χ4n) is 2.79. The molecular weight excluding hydrogens is 300 g/mol. The van der Waals surface area contributed by atoms with Gasteiger partial charge in [0.15, 0.2) is 0 Å². The fraction of sp³-hybridized carbons (Fsp3) is 0.375. The van der Waals surface area contributed by atoms with Gasteiger partial charge >= 0.3 is 0 Å². The lowest BCUT2D eigenvalue weighted by Gasteiger charge is -2.23. The minimum absolute atomic E-state index is 0.0803. The van der Waals surface area contributed by atoms with Crippen molar-refractivity contribution in [3.63, 3.8) is 0 Å². The van der Waals surface area contributed by atoms with Gasteiger partial charge in [-0.25, -0.2) is 8.42 Å². The van der Waals surface area contributed by atoms with E-state index in [4.69, 9.17) is 0 Å². The van der Waals surface area contributed by atoms with Gasteiger partial charge in [0.1, 0.15) is 9.84 Å². The monoisotopic (exact) mass is 318 g/mol. The Balaban J connectivity index is 1.84. The standard InChI is InChI=1S/C16H18N2O3S/c1-11-10-14(13-4-2-3-5-15(13)17-11)16(19)18-12-6-8-22(20,21)9-7-12/h2-5,10,12H,6-9H2,1H3,(H,18,19). The van der Waals surface area contributed by atoms with Crippen molar-refractivity contribution in [2.24, 2.45) is 0 Å². The summed E-state index contributed by atoms with van der Waals surface area (Å²) in [6.07, 6.45) is 0.964. The Labute approximate surface area is 129 Å². The number of rotatable bonds is 2. The van der Waals surface area contributed by atoms with E-state index in [0.717, 1.165) is 16.6 Å². The molecule has 1 amide bonds. The third-order valence-electron chi connectivity index (χ3n) is 3.98. The van der Waals surface area contributed by atoms with E-state index >= 15 is 0 Å². The lowest BCUT2D eigenvalue weighted by atomic mass is 10.1. The predicted octanol–water partition coefficient (Wildman–Crippen LogP) is 1.85. The first-order valence-electron chi connectivity index (χ1n) is 7.32. The summed E-state index contributed by atoms with van der Waals surface area (Å²) in [6, 6.07) is 9.22. The van der Waals surface area contributed by atoms with Gasteiger partial charge in [-0.3, -0.25) is 9.78 Å². The summed E-state index contributed by atoms with van der Waals surface area (Å²) in [5.41, 5.74) is 2.17. The van der Waals surface area contributed by atoms with Gasteiger partial charge < -0.3 is 5.32 Å². The van der Waals surface area contributed by atoms with E-state index in [1.165, 1.54) is 0 Å². The zero-order chi connectivity index (χ0) is 15.7. The predicted molar refractivity (Wildman–Crippen MR) is 85.6 cm³/mol. The topological polar surface area (TPSA) is 76.1 Å². The van der Waals surface area contributed by atoms with E-state index < -0.39 is 9.84 Å². The van der Waals surface area contributed by atoms with E-state index in [-0.39, 0.29) is 23.5 Å². The molecule has 1 fully saturated rings. The van der Waals surface area contributed by atoms with Crippen molar-refractivity contribution in [2.45, 2.75) is 25.8 Å². The lowest BCUT2D eigenvalue weighted by molar-refractivity contribution is 0.0936. The largest absolute Gasteiger partial charge is 0.349 e. The molecule has 0 unspecified atom stereocenters. The number of aryl methyl sites for hydroxylation is 1. The minimum Gasteiger partial charge on any atom is -0.349 e. The van der Waals surface area contributed by atoms with Crippen molar-refractivity contribution >= 4 is 26.6 Å². The number of nitrogens with one attached hydrogen (secondary N) is 1. The Bertz CT molecular complexity index is 816. The molecule has 0 spiro atoms. The van der Waals surface area contributed by atoms with Crippen LogP contribution in [0.1, 0.15) is 28.9 Å². The summed E-state index contributed by atoms with van der Waals surface area (Å²) in [4.78, 5) is 17.0. The number of hydrogen-bond acceptors (Lipinski definition) is 4. The van der Waals surface area contributed by atoms with Crippen molar-refractivity contribution < 1.29 is 13.2 Å². The Morgan fingerprint density at radius 2 is 1.91 bits per heavy atom. The van der Waals surface area contributed by atoms with Gasteiger partial charge in [0.25, 0.3) is 5.91 Å². The third-order valence-corrected chi connectivity index (χ3v) is 5.69. The summed E-state index contributed by atoms with van der Waals surface area (Å²) in [7, 11) is -2.92. The number of amides is 1. The zero-order valence-electron chi connectivity index (χ0n) is 12.4. The van der Waals surface area contributed by atoms with Crippen LogP contribution in [0.15, 0.2) is 30.3 Å². The maximum Gasteiger partial charge on any atom is 0.252 e. The SMILES string of the molecule is Cc1cc(C(=O)NC2CCS(=O)(=O)CC2)c2ccccc2n1. The second-order valence-electron chi connectivity index (χ2n) is 5.73. The van der Waals surface area contributed by atoms with E-state index in [1.54, 1.807) is 6.07 Å². The molecule has 1 aliphatic heterocycles. The number of fused-ring (bicyclic) bond motifs is 1. The molecule has 0 atom stereocenters. The number of sulfone groups is 1. The van der Waals surface area contributed by atoms with Gasteiger partial charge in [-0.05, 0) is 31.9 Å². The van der Waals surface area contributed by atoms with Crippen LogP contribution in [0, 0.1) is 6.92 Å². The Hall–Kier alpha value is -1.95. The quantitative estimate of drug-likeness (QED) is 0.917. The van der Waals surface area contributed by atoms with E-state index in [0.29, 0.717) is 18.4 Å². The van der Waals surface area contributed by atoms with Crippen LogP contribution < -0.4 is 5.32 Å². The summed E-state index contributed by atoms with van der Waals surface area (Å²) >= 11 is 0. The van der Waals surface area contributed by atoms with Gasteiger partial charge in [-0.15, -0.1) is 0 Å². The van der Waals surface area contributed by atoms with Crippen molar-refractivity contribution in [1.82, 2.24) is 10.3 Å². The zero-order valence-corrected chi connectivity index (χ0v) is 13.2. The van der Waals surface area contributed by atoms with Gasteiger partial charge in [-0.2, -0.15) is 0 Å². The van der Waals surface area contributed by atoms with E-state index in [9.17, 15) is 13.2 Å². The molecule has 2 aromatic rings. The number of carbonyl (C=O) groups excluding carboxylic acids is 1. The summed E-state index contributed by atoms with van der Waals surface area (Å²) < 4.78 is 22.9. The molecule has 22 heavy (non-hydrogen) atoms. The minimum atomic E-state index is -2.92. The van der Waals surface area contributed by atoms with Crippen molar-refractivity contribution in [3.05, 3.63) is 41.6 Å². The van der Waals surface area contributed by atoms with Crippen LogP contribution in [0.25, 0.3) is 10.9 Å². The molecule has 0 radical (unpaired) electrons. The van der Waals surface area contributed by atoms with E-state index in [1.807, 2.05) is 31.2 Å². The molecular formula is C16H18N2O3S. The highest BCUT2D eigenvalue weighted by molar-refractivity contribution is 7.91. The Morgan fingerprint density at radius 1 is 1.23 bits per heavy atom. The molecule has 116 valence electrons. The number of hydrogen-bond donors (Lipinski definition) is 1. The molecule has 5 nitrogen and oxygen atoms in total. The molecule has 2 heterocycles. The molecule has 1 aliphatic rings. The van der Waals surface area contributed by atoms with Gasteiger partial charge in [0, 0.05) is 17.1 Å². The number of pyridine rings is 1. The highest BCUT2D eigenvalue weighted by Crippen LogP contribution is 2.19. The average Bonchev–Trinajstić information content (AvgIpc) is 2.48. The molecule has 1 aromatic carbocycles. The normalized spacial score (nSPS) is 18.2. The first-order chi connectivity index (χ1) is 10.4. The van der Waals surface area contributed by atoms with Gasteiger partial charge in [-0.1, -0.05) is 18.2 Å². The molecule has 1 N–H and O–H groups in total. The Morgan fingerprint density at radius 3 is 2.64 bits per heavy atom. The van der Waals surface area contributed by atoms with Gasteiger partial charge in [0.05, 0.1) is 22.6 Å². The van der Waals surface area contributed by atoms with Crippen molar-refractivity contribution in [3.8, 4) is 0 Å². The smallest absolute Gasteiger partial charge is 0.252 e. The summed E-state index contributed by atoms with van der Waals surface area (Å²) in [6.45, 7) is 1.86. The molecule has 0 bridgehead atoms. The molecule has 3 rings (SSSR count). The van der Waals surface area contributed by atoms with Crippen LogP contribution in [0.5, 0.6) is 0 Å². The van der Waals surface area contributed by atoms with Crippen LogP contribution in [-0.2, 0) is 9.84 Å². The maximum absolute atomic E-state index is 12.6. The number of carbonyl (C=O) groups is 1. The van der Waals surface area contributed by atoms with Crippen LogP contribution in [0.3, 0.4) is 0 Å². The molecule has 0 saturated carbocycles. The summed E-state index contributed by atoms with van der Waals surface area (Å²) in [5.74, 6) is 0.133. The Kier molecular flexibility index (Phi) is 3.87. The summed E-state index contributed by atoms with van der Waals surface area (Å²) in [5, 5.41) is 3.78. The highest BCUT2D eigenvalue weighted by Gasteiger charge is 2.25. The van der Waals surface area contributed by atoms with Crippen LogP contribution >= 0.6 is 0 Å². The highest BCUT2D eigenvalue weighted by atomic mass is 32.2. The average molecular weight is 318 g/mol. The van der Waals surface area contributed by atoms with Crippen molar-refractivity contribution in [2.75, 3.05) is 11.5 Å². The number of nitrogens with zero attached hydrogens (tertiary/aromatic N) is 1. The number of para-hydroxylation sites is 1.